The Hall–Kier alpha value is -1.50. The van der Waals surface area contributed by atoms with E-state index in [1.807, 2.05) is 0 Å². The highest BCUT2D eigenvalue weighted by molar-refractivity contribution is 7.80. The summed E-state index contributed by atoms with van der Waals surface area (Å²) in [6, 6.07) is 10.7. The lowest BCUT2D eigenvalue weighted by molar-refractivity contribution is -0.906. The molecular weight excluding hydrogens is 332 g/mol. The van der Waals surface area contributed by atoms with Crippen molar-refractivity contribution in [1.29, 1.82) is 0 Å². The number of morpholine rings is 1. The molecule has 1 aliphatic carbocycles. The van der Waals surface area contributed by atoms with Crippen LogP contribution < -0.4 is 15.6 Å². The molecule has 1 aromatic rings. The molecule has 2 fully saturated rings. The second-order valence-electron chi connectivity index (χ2n) is 6.79. The molecule has 6 heteroatoms. The van der Waals surface area contributed by atoms with Crippen LogP contribution in [0, 0.1) is 0 Å². The summed E-state index contributed by atoms with van der Waals surface area (Å²) in [7, 11) is 0. The molecule has 0 unspecified atom stereocenters. The van der Waals surface area contributed by atoms with E-state index < -0.39 is 0 Å². The number of hydrogen-bond acceptors (Lipinski definition) is 3. The summed E-state index contributed by atoms with van der Waals surface area (Å²) in [6.07, 6.45) is 4.70. The second-order valence-corrected chi connectivity index (χ2v) is 7.20. The normalized spacial score (nSPS) is 23.4. The summed E-state index contributed by atoms with van der Waals surface area (Å²) in [5.41, 5.74) is 5.65. The molecule has 3 N–H and O–H groups in total. The standard InChI is InChI=1S/C19H28N4OS/c25-19(20-10-11-23-12-14-24-15-13-23)22-21-18-9-5-4-8-17(18)16-6-2-1-3-7-16/h1-3,6-7,17H,4-5,8-15H2,(H2,20,22,25)/p+1/b21-18-/t17-/m1/s1. The van der Waals surface area contributed by atoms with E-state index in [0.29, 0.717) is 11.0 Å². The van der Waals surface area contributed by atoms with Gasteiger partial charge in [-0.2, -0.15) is 5.10 Å². The molecule has 1 aliphatic heterocycles. The van der Waals surface area contributed by atoms with Gasteiger partial charge in [-0.3, -0.25) is 5.43 Å². The molecule has 3 rings (SSSR count). The van der Waals surface area contributed by atoms with Crippen LogP contribution >= 0.6 is 12.2 Å². The first-order chi connectivity index (χ1) is 12.3. The van der Waals surface area contributed by atoms with Crippen molar-refractivity contribution < 1.29 is 9.64 Å². The molecular formula is C19H29N4OS+. The molecule has 0 spiro atoms. The molecule has 1 atom stereocenters. The summed E-state index contributed by atoms with van der Waals surface area (Å²) in [6.45, 7) is 5.84. The largest absolute Gasteiger partial charge is 0.370 e. The van der Waals surface area contributed by atoms with E-state index >= 15 is 0 Å². The lowest BCUT2D eigenvalue weighted by Gasteiger charge is -2.25. The number of thiocarbonyl (C=S) groups is 1. The fourth-order valence-corrected chi connectivity index (χ4v) is 3.75. The monoisotopic (exact) mass is 361 g/mol. The minimum Gasteiger partial charge on any atom is -0.370 e. The summed E-state index contributed by atoms with van der Waals surface area (Å²) >= 11 is 5.38. The number of hydrogen-bond donors (Lipinski definition) is 3. The molecule has 1 aromatic carbocycles. The molecule has 1 saturated heterocycles. The number of benzene rings is 1. The maximum Gasteiger partial charge on any atom is 0.187 e. The summed E-state index contributed by atoms with van der Waals surface area (Å²) in [4.78, 5) is 1.57. The first-order valence-electron chi connectivity index (χ1n) is 9.39. The van der Waals surface area contributed by atoms with E-state index in [1.54, 1.807) is 4.90 Å². The fourth-order valence-electron chi connectivity index (χ4n) is 3.60. The van der Waals surface area contributed by atoms with Crippen LogP contribution in [0.15, 0.2) is 35.4 Å². The van der Waals surface area contributed by atoms with E-state index in [0.717, 1.165) is 45.8 Å². The molecule has 5 nitrogen and oxygen atoms in total. The summed E-state index contributed by atoms with van der Waals surface area (Å²) in [5, 5.41) is 8.54. The fraction of sp³-hybridized carbons (Fsp3) is 0.579. The molecule has 25 heavy (non-hydrogen) atoms. The van der Waals surface area contributed by atoms with Crippen molar-refractivity contribution in [3.05, 3.63) is 35.9 Å². The summed E-state index contributed by atoms with van der Waals surface area (Å²) < 4.78 is 5.38. The van der Waals surface area contributed by atoms with Crippen LogP contribution in [0.25, 0.3) is 0 Å². The van der Waals surface area contributed by atoms with Crippen molar-refractivity contribution in [1.82, 2.24) is 10.7 Å². The maximum absolute atomic E-state index is 5.38. The van der Waals surface area contributed by atoms with Crippen LogP contribution in [0.3, 0.4) is 0 Å². The van der Waals surface area contributed by atoms with Crippen LogP contribution in [0.4, 0.5) is 0 Å². The van der Waals surface area contributed by atoms with Crippen LogP contribution in [-0.4, -0.2) is 50.2 Å². The number of quaternary nitrogens is 1. The third-order valence-electron chi connectivity index (χ3n) is 5.04. The zero-order valence-electron chi connectivity index (χ0n) is 14.8. The SMILES string of the molecule is S=C(NCC[NH+]1CCOCC1)N/N=C1/CCCC[C@@H]1c1ccccc1. The predicted molar refractivity (Wildman–Crippen MR) is 105 cm³/mol. The molecule has 2 aliphatic rings. The zero-order chi connectivity index (χ0) is 17.3. The Balaban J connectivity index is 1.46. The number of rotatable bonds is 5. The number of ether oxygens (including phenoxy) is 1. The number of nitrogens with zero attached hydrogens (tertiary/aromatic N) is 1. The Bertz CT molecular complexity index is 572. The first-order valence-corrected chi connectivity index (χ1v) is 9.80. The van der Waals surface area contributed by atoms with Crippen molar-refractivity contribution in [2.45, 2.75) is 31.6 Å². The van der Waals surface area contributed by atoms with Gasteiger partial charge in [0.1, 0.15) is 13.1 Å². The second kappa shape index (κ2) is 9.85. The van der Waals surface area contributed by atoms with Crippen molar-refractivity contribution in [3.8, 4) is 0 Å². The van der Waals surface area contributed by atoms with E-state index in [1.165, 1.54) is 30.5 Å². The number of nitrogens with one attached hydrogen (secondary N) is 3. The Labute approximate surface area is 155 Å². The topological polar surface area (TPSA) is 50.1 Å². The van der Waals surface area contributed by atoms with E-state index in [9.17, 15) is 0 Å². The van der Waals surface area contributed by atoms with E-state index in [4.69, 9.17) is 17.0 Å². The number of hydrazone groups is 1. The van der Waals surface area contributed by atoms with E-state index in [2.05, 4.69) is 46.2 Å². The third-order valence-corrected chi connectivity index (χ3v) is 5.28. The molecule has 0 bridgehead atoms. The minimum absolute atomic E-state index is 0.419. The van der Waals surface area contributed by atoms with Gasteiger partial charge in [-0.25, -0.2) is 0 Å². The Morgan fingerprint density at radius 1 is 1.20 bits per heavy atom. The summed E-state index contributed by atoms with van der Waals surface area (Å²) in [5.74, 6) is 0.419. The van der Waals surface area contributed by atoms with Crippen LogP contribution in [-0.2, 0) is 4.74 Å². The van der Waals surface area contributed by atoms with Crippen molar-refractivity contribution >= 4 is 23.0 Å². The van der Waals surface area contributed by atoms with Gasteiger partial charge in [0.15, 0.2) is 5.11 Å². The van der Waals surface area contributed by atoms with Gasteiger partial charge in [0.25, 0.3) is 0 Å². The van der Waals surface area contributed by atoms with Gasteiger partial charge in [-0.1, -0.05) is 36.8 Å². The Morgan fingerprint density at radius 2 is 2.00 bits per heavy atom. The minimum atomic E-state index is 0.419. The van der Waals surface area contributed by atoms with Crippen molar-refractivity contribution in [2.24, 2.45) is 5.10 Å². The Morgan fingerprint density at radius 3 is 2.80 bits per heavy atom. The first kappa shape index (κ1) is 18.3. The van der Waals surface area contributed by atoms with Crippen molar-refractivity contribution in [3.63, 3.8) is 0 Å². The van der Waals surface area contributed by atoms with Gasteiger partial charge in [0.05, 0.1) is 26.3 Å². The lowest BCUT2D eigenvalue weighted by atomic mass is 9.82. The van der Waals surface area contributed by atoms with Crippen molar-refractivity contribution in [2.75, 3.05) is 39.4 Å². The van der Waals surface area contributed by atoms with Gasteiger partial charge in [0, 0.05) is 11.6 Å². The maximum atomic E-state index is 5.38. The van der Waals surface area contributed by atoms with Crippen LogP contribution in [0.2, 0.25) is 0 Å². The highest BCUT2D eigenvalue weighted by Gasteiger charge is 2.22. The van der Waals surface area contributed by atoms with E-state index in [-0.39, 0.29) is 0 Å². The molecule has 1 saturated carbocycles. The quantitative estimate of drug-likeness (QED) is 0.543. The van der Waals surface area contributed by atoms with Crippen LogP contribution in [0.1, 0.15) is 37.2 Å². The average Bonchev–Trinajstić information content (AvgIpc) is 2.68. The average molecular weight is 362 g/mol. The Kier molecular flexibility index (Phi) is 7.21. The third kappa shape index (κ3) is 5.76. The van der Waals surface area contributed by atoms with Gasteiger partial charge in [0.2, 0.25) is 0 Å². The molecule has 1 heterocycles. The highest BCUT2D eigenvalue weighted by Crippen LogP contribution is 2.30. The smallest absolute Gasteiger partial charge is 0.187 e. The predicted octanol–water partition coefficient (Wildman–Crippen LogP) is 1.08. The van der Waals surface area contributed by atoms with Crippen LogP contribution in [0.5, 0.6) is 0 Å². The zero-order valence-corrected chi connectivity index (χ0v) is 15.6. The molecule has 0 amide bonds. The molecule has 0 radical (unpaired) electrons. The molecule has 0 aromatic heterocycles. The molecule has 136 valence electrons. The van der Waals surface area contributed by atoms with Gasteiger partial charge in [-0.05, 0) is 37.0 Å². The highest BCUT2D eigenvalue weighted by atomic mass is 32.1. The lowest BCUT2D eigenvalue weighted by Crippen LogP contribution is -3.14. The van der Waals surface area contributed by atoms with Gasteiger partial charge < -0.3 is 15.0 Å². The van der Waals surface area contributed by atoms with Gasteiger partial charge in [-0.15, -0.1) is 0 Å². The van der Waals surface area contributed by atoms with Gasteiger partial charge >= 0.3 is 0 Å².